The summed E-state index contributed by atoms with van der Waals surface area (Å²) in [5.74, 6) is 2.36. The molecule has 0 unspecified atom stereocenters. The number of nitrogens with zero attached hydrogens (tertiary/aromatic N) is 4. The van der Waals surface area contributed by atoms with Crippen molar-refractivity contribution in [1.29, 1.82) is 0 Å². The van der Waals surface area contributed by atoms with E-state index in [1.165, 1.54) is 25.7 Å². The zero-order valence-corrected chi connectivity index (χ0v) is 12.4. The summed E-state index contributed by atoms with van der Waals surface area (Å²) < 4.78 is 4.23. The lowest BCUT2D eigenvalue weighted by atomic mass is 9.83. The Balaban J connectivity index is 1.96. The molecule has 0 spiro atoms. The highest BCUT2D eigenvalue weighted by Crippen LogP contribution is 2.31. The van der Waals surface area contributed by atoms with E-state index >= 15 is 0 Å². The molecule has 0 aromatic carbocycles. The van der Waals surface area contributed by atoms with E-state index in [1.54, 1.807) is 0 Å². The Morgan fingerprint density at radius 1 is 1.37 bits per heavy atom. The molecule has 2 heterocycles. The normalized spacial score (nSPS) is 16.2. The minimum atomic E-state index is 0.475. The number of alkyl halides is 1. The molecule has 1 saturated carbocycles. The minimum Gasteiger partial charge on any atom is -0.312 e. The number of aryl methyl sites for hydroxylation is 3. The average molecular weight is 281 g/mol. The average Bonchev–Trinajstić information content (AvgIpc) is 2.86. The molecule has 2 aromatic heterocycles. The maximum atomic E-state index is 6.06. The van der Waals surface area contributed by atoms with Crippen LogP contribution < -0.4 is 0 Å². The molecule has 0 radical (unpaired) electrons. The van der Waals surface area contributed by atoms with Gasteiger partial charge in [0.1, 0.15) is 11.3 Å². The molecule has 0 bridgehead atoms. The first kappa shape index (κ1) is 13.0. The third kappa shape index (κ3) is 2.16. The van der Waals surface area contributed by atoms with Crippen LogP contribution in [-0.4, -0.2) is 19.3 Å². The van der Waals surface area contributed by atoms with Crippen LogP contribution >= 0.6 is 11.6 Å². The van der Waals surface area contributed by atoms with Crippen LogP contribution in [0.3, 0.4) is 0 Å². The molecule has 2 aromatic rings. The Hall–Kier alpha value is -1.03. The van der Waals surface area contributed by atoms with Crippen molar-refractivity contribution in [3.63, 3.8) is 0 Å². The van der Waals surface area contributed by atoms with Crippen LogP contribution in [0.1, 0.15) is 44.1 Å². The van der Waals surface area contributed by atoms with Crippen LogP contribution in [0.25, 0.3) is 11.2 Å². The molecule has 104 valence electrons. The molecule has 0 atom stereocenters. The lowest BCUT2D eigenvalue weighted by Crippen LogP contribution is -2.15. The van der Waals surface area contributed by atoms with Gasteiger partial charge in [0.25, 0.3) is 0 Å². The van der Waals surface area contributed by atoms with Crippen molar-refractivity contribution >= 4 is 22.8 Å². The van der Waals surface area contributed by atoms with Crippen molar-refractivity contribution in [1.82, 2.24) is 19.3 Å². The Morgan fingerprint density at radius 3 is 2.74 bits per heavy atom. The third-order valence-electron chi connectivity index (χ3n) is 4.31. The van der Waals surface area contributed by atoms with E-state index in [2.05, 4.69) is 16.6 Å². The molecule has 1 fully saturated rings. The van der Waals surface area contributed by atoms with Gasteiger partial charge < -0.3 is 4.57 Å². The molecular formula is C14H21ClN4. The van der Waals surface area contributed by atoms with Gasteiger partial charge in [-0.05, 0) is 18.8 Å². The number of imidazole rings is 1. The summed E-state index contributed by atoms with van der Waals surface area (Å²) in [6, 6.07) is 0. The van der Waals surface area contributed by atoms with Gasteiger partial charge in [0.15, 0.2) is 5.65 Å². The summed E-state index contributed by atoms with van der Waals surface area (Å²) in [4.78, 5) is 4.69. The maximum Gasteiger partial charge on any atom is 0.158 e. The summed E-state index contributed by atoms with van der Waals surface area (Å²) in [6.07, 6.45) is 6.33. The van der Waals surface area contributed by atoms with E-state index in [4.69, 9.17) is 16.6 Å². The monoisotopic (exact) mass is 280 g/mol. The zero-order chi connectivity index (χ0) is 13.4. The third-order valence-corrected chi connectivity index (χ3v) is 4.55. The van der Waals surface area contributed by atoms with E-state index in [0.717, 1.165) is 41.6 Å². The topological polar surface area (TPSA) is 35.6 Å². The van der Waals surface area contributed by atoms with Gasteiger partial charge >= 0.3 is 0 Å². The van der Waals surface area contributed by atoms with Crippen molar-refractivity contribution in [2.45, 2.75) is 51.5 Å². The summed E-state index contributed by atoms with van der Waals surface area (Å²) >= 11 is 6.06. The van der Waals surface area contributed by atoms with Crippen molar-refractivity contribution in [2.75, 3.05) is 0 Å². The summed E-state index contributed by atoms with van der Waals surface area (Å²) in [5, 5.41) is 4.56. The fraction of sp³-hybridized carbons (Fsp3) is 0.714. The largest absolute Gasteiger partial charge is 0.312 e. The van der Waals surface area contributed by atoms with Crippen LogP contribution in [-0.2, 0) is 25.9 Å². The van der Waals surface area contributed by atoms with Gasteiger partial charge in [-0.15, -0.1) is 11.6 Å². The van der Waals surface area contributed by atoms with Gasteiger partial charge in [-0.3, -0.25) is 4.68 Å². The predicted molar refractivity (Wildman–Crippen MR) is 77.4 cm³/mol. The lowest BCUT2D eigenvalue weighted by Gasteiger charge is -2.25. The minimum absolute atomic E-state index is 0.475. The van der Waals surface area contributed by atoms with Crippen molar-refractivity contribution < 1.29 is 0 Å². The van der Waals surface area contributed by atoms with E-state index in [1.807, 2.05) is 11.7 Å². The molecule has 19 heavy (non-hydrogen) atoms. The van der Waals surface area contributed by atoms with Crippen LogP contribution in [0.15, 0.2) is 0 Å². The van der Waals surface area contributed by atoms with Crippen LogP contribution in [0.5, 0.6) is 0 Å². The van der Waals surface area contributed by atoms with E-state index < -0.39 is 0 Å². The molecule has 0 saturated heterocycles. The number of fused-ring (bicyclic) bond motifs is 1. The Bertz CT molecular complexity index is 580. The number of rotatable bonds is 5. The molecule has 1 aliphatic carbocycles. The Morgan fingerprint density at radius 2 is 2.16 bits per heavy atom. The molecule has 0 amide bonds. The second kappa shape index (κ2) is 5.16. The van der Waals surface area contributed by atoms with Crippen LogP contribution in [0.2, 0.25) is 0 Å². The molecule has 0 N–H and O–H groups in total. The first-order valence-electron chi connectivity index (χ1n) is 7.21. The fourth-order valence-corrected chi connectivity index (χ4v) is 3.16. The van der Waals surface area contributed by atoms with Crippen molar-refractivity contribution in [3.8, 4) is 0 Å². The smallest absolute Gasteiger partial charge is 0.158 e. The molecule has 5 heteroatoms. The molecule has 3 rings (SSSR count). The van der Waals surface area contributed by atoms with Gasteiger partial charge in [0.2, 0.25) is 0 Å². The predicted octanol–water partition coefficient (Wildman–Crippen LogP) is 3.26. The van der Waals surface area contributed by atoms with E-state index in [9.17, 15) is 0 Å². The molecule has 0 aliphatic heterocycles. The van der Waals surface area contributed by atoms with Gasteiger partial charge in [-0.2, -0.15) is 5.10 Å². The van der Waals surface area contributed by atoms with E-state index in [-0.39, 0.29) is 0 Å². The number of hydrogen-bond donors (Lipinski definition) is 0. The standard InChI is InChI=1S/C14H21ClN4/c1-3-11-13-14(18(2)17-11)19(12(9-15)16-13)8-7-10-5-4-6-10/h10H,3-9H2,1-2H3. The molecule has 4 nitrogen and oxygen atoms in total. The number of halogens is 1. The van der Waals surface area contributed by atoms with Crippen LogP contribution in [0, 0.1) is 5.92 Å². The highest BCUT2D eigenvalue weighted by Gasteiger charge is 2.21. The molecular weight excluding hydrogens is 260 g/mol. The Kier molecular flexibility index (Phi) is 3.52. The number of hydrogen-bond acceptors (Lipinski definition) is 2. The second-order valence-electron chi connectivity index (χ2n) is 5.49. The highest BCUT2D eigenvalue weighted by atomic mass is 35.5. The van der Waals surface area contributed by atoms with Crippen LogP contribution in [0.4, 0.5) is 0 Å². The first-order chi connectivity index (χ1) is 9.24. The van der Waals surface area contributed by atoms with Crippen molar-refractivity contribution in [3.05, 3.63) is 11.5 Å². The zero-order valence-electron chi connectivity index (χ0n) is 11.7. The number of aromatic nitrogens is 4. The van der Waals surface area contributed by atoms with Crippen molar-refractivity contribution in [2.24, 2.45) is 13.0 Å². The van der Waals surface area contributed by atoms with Gasteiger partial charge in [0, 0.05) is 13.6 Å². The Labute approximate surface area is 118 Å². The SMILES string of the molecule is CCc1nn(C)c2c1nc(CCl)n2CCC1CCC1. The summed E-state index contributed by atoms with van der Waals surface area (Å²) in [6.45, 7) is 3.14. The fourth-order valence-electron chi connectivity index (χ4n) is 2.96. The van der Waals surface area contributed by atoms with Gasteiger partial charge in [0.05, 0.1) is 11.6 Å². The lowest BCUT2D eigenvalue weighted by molar-refractivity contribution is 0.282. The highest BCUT2D eigenvalue weighted by molar-refractivity contribution is 6.16. The maximum absolute atomic E-state index is 6.06. The van der Waals surface area contributed by atoms with Gasteiger partial charge in [-0.25, -0.2) is 4.98 Å². The van der Waals surface area contributed by atoms with E-state index in [0.29, 0.717) is 5.88 Å². The molecule has 1 aliphatic rings. The quantitative estimate of drug-likeness (QED) is 0.788. The second-order valence-corrected chi connectivity index (χ2v) is 5.76. The van der Waals surface area contributed by atoms with Gasteiger partial charge in [-0.1, -0.05) is 26.2 Å². The summed E-state index contributed by atoms with van der Waals surface area (Å²) in [5.41, 5.74) is 3.24. The summed E-state index contributed by atoms with van der Waals surface area (Å²) in [7, 11) is 2.00. The first-order valence-corrected chi connectivity index (χ1v) is 7.75.